The van der Waals surface area contributed by atoms with Crippen molar-refractivity contribution in [3.05, 3.63) is 23.8 Å². The minimum absolute atomic E-state index is 0.0179. The van der Waals surface area contributed by atoms with E-state index in [0.29, 0.717) is 13.1 Å². The van der Waals surface area contributed by atoms with Crippen molar-refractivity contribution in [1.82, 2.24) is 0 Å². The number of fused-ring (bicyclic) bond motifs is 2. The second-order valence-electron chi connectivity index (χ2n) is 5.08. The summed E-state index contributed by atoms with van der Waals surface area (Å²) in [6.45, 7) is 0.909. The molecule has 2 atom stereocenters. The Morgan fingerprint density at radius 3 is 2.30 bits per heavy atom. The molecule has 0 aromatic heterocycles. The Balaban J connectivity index is 1.88. The Labute approximate surface area is 114 Å². The molecule has 2 N–H and O–H groups in total. The number of benzene rings is 1. The number of halogens is 2. The second-order valence-corrected chi connectivity index (χ2v) is 5.08. The second kappa shape index (κ2) is 4.90. The minimum atomic E-state index is -1.36. The van der Waals surface area contributed by atoms with E-state index in [4.69, 9.17) is 9.84 Å². The van der Waals surface area contributed by atoms with Crippen molar-refractivity contribution in [3.8, 4) is 0 Å². The number of amides is 1. The Bertz CT molecular complexity index is 517. The number of morpholine rings is 1. The topological polar surface area (TPSA) is 61.8 Å². The Morgan fingerprint density at radius 1 is 1.25 bits per heavy atom. The molecule has 2 aliphatic heterocycles. The number of ether oxygens (including phenoxy) is 1. The summed E-state index contributed by atoms with van der Waals surface area (Å²) in [7, 11) is 0. The third-order valence-corrected chi connectivity index (χ3v) is 3.63. The summed E-state index contributed by atoms with van der Waals surface area (Å²) >= 11 is 0. The lowest BCUT2D eigenvalue weighted by Crippen LogP contribution is -2.43. The van der Waals surface area contributed by atoms with Crippen molar-refractivity contribution in [2.24, 2.45) is 0 Å². The van der Waals surface area contributed by atoms with Crippen LogP contribution in [-0.2, 0) is 4.74 Å². The molecule has 7 heteroatoms. The van der Waals surface area contributed by atoms with E-state index < -0.39 is 17.7 Å². The van der Waals surface area contributed by atoms with Crippen molar-refractivity contribution in [3.63, 3.8) is 0 Å². The number of carboxylic acid groups (broad SMARTS) is 1. The predicted octanol–water partition coefficient (Wildman–Crippen LogP) is 2.42. The highest BCUT2D eigenvalue weighted by Crippen LogP contribution is 2.33. The lowest BCUT2D eigenvalue weighted by Gasteiger charge is -2.34. The molecule has 2 saturated heterocycles. The maximum atomic E-state index is 14.1. The molecule has 2 unspecified atom stereocenters. The first-order valence-electron chi connectivity index (χ1n) is 6.42. The van der Waals surface area contributed by atoms with E-state index in [2.05, 4.69) is 0 Å². The molecule has 1 aromatic carbocycles. The maximum absolute atomic E-state index is 14.1. The van der Waals surface area contributed by atoms with Crippen LogP contribution in [-0.4, -0.2) is 36.5 Å². The van der Waals surface area contributed by atoms with E-state index in [0.717, 1.165) is 25.0 Å². The fraction of sp³-hybridized carbons (Fsp3) is 0.462. The van der Waals surface area contributed by atoms with Gasteiger partial charge in [-0.05, 0) is 25.0 Å². The lowest BCUT2D eigenvalue weighted by atomic mass is 10.2. The molecule has 0 saturated carbocycles. The van der Waals surface area contributed by atoms with E-state index in [1.807, 2.05) is 5.32 Å². The highest BCUT2D eigenvalue weighted by Gasteiger charge is 2.35. The number of rotatable bonds is 2. The van der Waals surface area contributed by atoms with E-state index in [9.17, 15) is 13.6 Å². The molecular weight excluding hydrogens is 270 g/mol. The molecular formula is C13H14F2N2O3. The van der Waals surface area contributed by atoms with Gasteiger partial charge in [-0.15, -0.1) is 0 Å². The van der Waals surface area contributed by atoms with Gasteiger partial charge in [0.25, 0.3) is 0 Å². The molecule has 2 aliphatic rings. The van der Waals surface area contributed by atoms with Gasteiger partial charge in [0.1, 0.15) is 5.69 Å². The summed E-state index contributed by atoms with van der Waals surface area (Å²) in [5.41, 5.74) is -0.228. The average molecular weight is 284 g/mol. The molecule has 2 bridgehead atoms. The zero-order valence-corrected chi connectivity index (χ0v) is 10.6. The molecule has 20 heavy (non-hydrogen) atoms. The van der Waals surface area contributed by atoms with Crippen LogP contribution in [0.5, 0.6) is 0 Å². The van der Waals surface area contributed by atoms with Crippen molar-refractivity contribution >= 4 is 17.5 Å². The average Bonchev–Trinajstić information content (AvgIpc) is 2.66. The quantitative estimate of drug-likeness (QED) is 0.875. The highest BCUT2D eigenvalue weighted by molar-refractivity contribution is 5.83. The van der Waals surface area contributed by atoms with Crippen molar-refractivity contribution in [2.75, 3.05) is 23.3 Å². The van der Waals surface area contributed by atoms with Gasteiger partial charge < -0.3 is 14.7 Å². The summed E-state index contributed by atoms with van der Waals surface area (Å²) in [4.78, 5) is 12.1. The van der Waals surface area contributed by atoms with Crippen molar-refractivity contribution in [2.45, 2.75) is 25.0 Å². The van der Waals surface area contributed by atoms with Crippen LogP contribution in [0, 0.1) is 11.6 Å². The standard InChI is InChI=1S/C13H14F2N2O3/c14-10-3-7(16-13(18)19)4-11(15)12(10)17-5-8-1-2-9(6-17)20-8/h3-4,8-9,16H,1-2,5-6H2,(H,18,19). The van der Waals surface area contributed by atoms with Gasteiger partial charge in [0, 0.05) is 18.8 Å². The summed E-state index contributed by atoms with van der Waals surface area (Å²) in [6.07, 6.45) is 0.487. The van der Waals surface area contributed by atoms with E-state index in [1.54, 1.807) is 4.90 Å². The number of anilines is 2. The molecule has 2 heterocycles. The summed E-state index contributed by atoms with van der Waals surface area (Å²) < 4.78 is 33.8. The summed E-state index contributed by atoms with van der Waals surface area (Å²) in [5.74, 6) is -1.54. The predicted molar refractivity (Wildman–Crippen MR) is 68.1 cm³/mol. The van der Waals surface area contributed by atoms with Gasteiger partial charge in [-0.25, -0.2) is 13.6 Å². The normalized spacial score (nSPS) is 24.8. The van der Waals surface area contributed by atoms with Crippen molar-refractivity contribution < 1.29 is 23.4 Å². The maximum Gasteiger partial charge on any atom is 0.409 e. The third kappa shape index (κ3) is 2.40. The smallest absolute Gasteiger partial charge is 0.409 e. The van der Waals surface area contributed by atoms with Crippen LogP contribution in [0.25, 0.3) is 0 Å². The van der Waals surface area contributed by atoms with Crippen LogP contribution in [0.2, 0.25) is 0 Å². The molecule has 108 valence electrons. The fourth-order valence-corrected chi connectivity index (χ4v) is 2.86. The molecule has 5 nitrogen and oxygen atoms in total. The van der Waals surface area contributed by atoms with Gasteiger partial charge in [0.2, 0.25) is 0 Å². The van der Waals surface area contributed by atoms with Gasteiger partial charge in [-0.2, -0.15) is 0 Å². The largest absolute Gasteiger partial charge is 0.465 e. The van der Waals surface area contributed by atoms with Crippen LogP contribution in [0.3, 0.4) is 0 Å². The van der Waals surface area contributed by atoms with E-state index in [-0.39, 0.29) is 23.6 Å². The van der Waals surface area contributed by atoms with Gasteiger partial charge >= 0.3 is 6.09 Å². The summed E-state index contributed by atoms with van der Waals surface area (Å²) in [5, 5.41) is 10.5. The fourth-order valence-electron chi connectivity index (χ4n) is 2.86. The number of carbonyl (C=O) groups is 1. The summed E-state index contributed by atoms with van der Waals surface area (Å²) in [6, 6.07) is 1.98. The molecule has 0 spiro atoms. The van der Waals surface area contributed by atoms with Gasteiger partial charge in [0.05, 0.1) is 12.2 Å². The van der Waals surface area contributed by atoms with Crippen LogP contribution in [0.4, 0.5) is 25.0 Å². The van der Waals surface area contributed by atoms with Gasteiger partial charge in [-0.3, -0.25) is 5.32 Å². The molecule has 1 amide bonds. The highest BCUT2D eigenvalue weighted by atomic mass is 19.1. The van der Waals surface area contributed by atoms with E-state index in [1.165, 1.54) is 0 Å². The number of hydrogen-bond acceptors (Lipinski definition) is 3. The number of nitrogens with one attached hydrogen (secondary N) is 1. The minimum Gasteiger partial charge on any atom is -0.465 e. The van der Waals surface area contributed by atoms with Crippen molar-refractivity contribution in [1.29, 1.82) is 0 Å². The monoisotopic (exact) mass is 284 g/mol. The van der Waals surface area contributed by atoms with Crippen LogP contribution in [0.1, 0.15) is 12.8 Å². The van der Waals surface area contributed by atoms with Crippen LogP contribution < -0.4 is 10.2 Å². The van der Waals surface area contributed by atoms with E-state index >= 15 is 0 Å². The number of nitrogens with zero attached hydrogens (tertiary/aromatic N) is 1. The lowest BCUT2D eigenvalue weighted by molar-refractivity contribution is 0.0300. The number of hydrogen-bond donors (Lipinski definition) is 2. The first kappa shape index (κ1) is 13.1. The molecule has 0 radical (unpaired) electrons. The molecule has 2 fully saturated rings. The Hall–Kier alpha value is -1.89. The van der Waals surface area contributed by atoms with Crippen LogP contribution in [0.15, 0.2) is 12.1 Å². The van der Waals surface area contributed by atoms with Crippen LogP contribution >= 0.6 is 0 Å². The zero-order valence-electron chi connectivity index (χ0n) is 10.6. The Kier molecular flexibility index (Phi) is 3.21. The first-order chi connectivity index (χ1) is 9.52. The Morgan fingerprint density at radius 2 is 1.80 bits per heavy atom. The first-order valence-corrected chi connectivity index (χ1v) is 6.42. The van der Waals surface area contributed by atoms with Gasteiger partial charge in [0.15, 0.2) is 11.6 Å². The molecule has 0 aliphatic carbocycles. The van der Waals surface area contributed by atoms with Gasteiger partial charge in [-0.1, -0.05) is 0 Å². The molecule has 1 aromatic rings. The third-order valence-electron chi connectivity index (χ3n) is 3.63. The SMILES string of the molecule is O=C(O)Nc1cc(F)c(N2CC3CCC(C2)O3)c(F)c1. The zero-order chi connectivity index (χ0) is 14.3. The molecule has 3 rings (SSSR count).